The minimum Gasteiger partial charge on any atom is -0.508 e. The zero-order chi connectivity index (χ0) is 17.9. The molecule has 0 unspecified atom stereocenters. The lowest BCUT2D eigenvalue weighted by Crippen LogP contribution is -2.46. The first-order chi connectivity index (χ1) is 11.4. The number of aromatic hydroxyl groups is 1. The van der Waals surface area contributed by atoms with Gasteiger partial charge in [0.1, 0.15) is 5.75 Å². The average molecular weight is 377 g/mol. The molecule has 6 nitrogen and oxygen atoms in total. The van der Waals surface area contributed by atoms with Crippen molar-refractivity contribution < 1.29 is 20.1 Å². The number of benzene rings is 1. The van der Waals surface area contributed by atoms with Gasteiger partial charge >= 0.3 is 0 Å². The molecule has 0 spiro atoms. The minimum absolute atomic E-state index is 0.0814. The first-order valence-electron chi connectivity index (χ1n) is 7.81. The Labute approximate surface area is 151 Å². The number of piperidine rings is 1. The molecule has 0 aliphatic carbocycles. The standard InChI is InChI=1S/C16H22Cl2N2O4/c1-19-15(10-6-11(17)12(18)7-13(10)22)9-2-4-20(5-3-9)16(24)14(23)8-21/h6-7,9,14-15,19,21-23H,2-5,8H2,1H3/t14-,15-/m1/s1. The summed E-state index contributed by atoms with van der Waals surface area (Å²) in [6.45, 7) is 0.400. The number of aliphatic hydroxyl groups is 2. The van der Waals surface area contributed by atoms with Gasteiger partial charge in [0.2, 0.25) is 0 Å². The van der Waals surface area contributed by atoms with E-state index in [1.807, 2.05) is 0 Å². The molecule has 0 radical (unpaired) electrons. The summed E-state index contributed by atoms with van der Waals surface area (Å²) in [7, 11) is 1.81. The van der Waals surface area contributed by atoms with Gasteiger partial charge in [-0.3, -0.25) is 4.79 Å². The van der Waals surface area contributed by atoms with E-state index in [-0.39, 0.29) is 17.7 Å². The van der Waals surface area contributed by atoms with Gasteiger partial charge in [0.05, 0.1) is 16.7 Å². The molecule has 0 saturated carbocycles. The van der Waals surface area contributed by atoms with E-state index in [1.165, 1.54) is 6.07 Å². The average Bonchev–Trinajstić information content (AvgIpc) is 2.59. The third kappa shape index (κ3) is 4.13. The third-order valence-electron chi connectivity index (χ3n) is 4.50. The summed E-state index contributed by atoms with van der Waals surface area (Å²) in [4.78, 5) is 13.5. The molecule has 0 bridgehead atoms. The maximum atomic E-state index is 11.9. The second-order valence-corrected chi connectivity index (χ2v) is 6.77. The first-order valence-corrected chi connectivity index (χ1v) is 8.57. The van der Waals surface area contributed by atoms with Crippen LogP contribution in [0.15, 0.2) is 12.1 Å². The number of carbonyl (C=O) groups is 1. The molecule has 1 amide bonds. The monoisotopic (exact) mass is 376 g/mol. The zero-order valence-electron chi connectivity index (χ0n) is 13.4. The highest BCUT2D eigenvalue weighted by atomic mass is 35.5. The molecule has 1 heterocycles. The summed E-state index contributed by atoms with van der Waals surface area (Å²) in [5.74, 6) is -0.180. The van der Waals surface area contributed by atoms with Gasteiger partial charge in [-0.05, 0) is 31.9 Å². The molecule has 24 heavy (non-hydrogen) atoms. The number of carbonyl (C=O) groups excluding carboxylic acids is 1. The van der Waals surface area contributed by atoms with E-state index in [4.69, 9.17) is 28.3 Å². The Bertz CT molecular complexity index is 592. The van der Waals surface area contributed by atoms with Crippen LogP contribution in [0.1, 0.15) is 24.4 Å². The largest absolute Gasteiger partial charge is 0.508 e. The number of halogens is 2. The predicted molar refractivity (Wildman–Crippen MR) is 92.3 cm³/mol. The molecule has 8 heteroatoms. The molecular formula is C16H22Cl2N2O4. The Morgan fingerprint density at radius 3 is 2.46 bits per heavy atom. The fourth-order valence-electron chi connectivity index (χ4n) is 3.19. The van der Waals surface area contributed by atoms with Crippen LogP contribution in [0.3, 0.4) is 0 Å². The Morgan fingerprint density at radius 1 is 1.33 bits per heavy atom. The van der Waals surface area contributed by atoms with E-state index in [2.05, 4.69) is 5.32 Å². The Hall–Kier alpha value is -1.05. The lowest BCUT2D eigenvalue weighted by Gasteiger charge is -2.37. The minimum atomic E-state index is -1.36. The summed E-state index contributed by atoms with van der Waals surface area (Å²) in [6, 6.07) is 2.97. The van der Waals surface area contributed by atoms with Crippen LogP contribution in [-0.4, -0.2) is 59.0 Å². The highest BCUT2D eigenvalue weighted by Gasteiger charge is 2.32. The van der Waals surface area contributed by atoms with E-state index in [0.717, 1.165) is 0 Å². The van der Waals surface area contributed by atoms with Gasteiger partial charge in [0.25, 0.3) is 5.91 Å². The molecule has 1 saturated heterocycles. The molecule has 1 aromatic carbocycles. The number of phenolic OH excluding ortho intramolecular Hbond substituents is 1. The fourth-order valence-corrected chi connectivity index (χ4v) is 3.52. The summed E-state index contributed by atoms with van der Waals surface area (Å²) >= 11 is 12.0. The van der Waals surface area contributed by atoms with E-state index in [9.17, 15) is 15.0 Å². The highest BCUT2D eigenvalue weighted by Crippen LogP contribution is 2.38. The molecule has 2 rings (SSSR count). The van der Waals surface area contributed by atoms with Crippen molar-refractivity contribution in [3.05, 3.63) is 27.7 Å². The third-order valence-corrected chi connectivity index (χ3v) is 5.22. The molecule has 4 N–H and O–H groups in total. The Kier molecular flexibility index (Phi) is 6.71. The van der Waals surface area contributed by atoms with Crippen LogP contribution < -0.4 is 5.32 Å². The number of nitrogens with one attached hydrogen (secondary N) is 1. The Balaban J connectivity index is 2.09. The van der Waals surface area contributed by atoms with E-state index in [0.29, 0.717) is 41.5 Å². The molecule has 0 aromatic heterocycles. The molecular weight excluding hydrogens is 355 g/mol. The van der Waals surface area contributed by atoms with Crippen LogP contribution >= 0.6 is 23.2 Å². The zero-order valence-corrected chi connectivity index (χ0v) is 14.9. The first kappa shape index (κ1) is 19.3. The molecule has 1 fully saturated rings. The van der Waals surface area contributed by atoms with Crippen molar-refractivity contribution in [1.29, 1.82) is 0 Å². The lowest BCUT2D eigenvalue weighted by molar-refractivity contribution is -0.143. The van der Waals surface area contributed by atoms with Gasteiger partial charge in [0.15, 0.2) is 6.10 Å². The smallest absolute Gasteiger partial charge is 0.253 e. The normalized spacial score (nSPS) is 18.5. The molecule has 1 aromatic rings. The van der Waals surface area contributed by atoms with Gasteiger partial charge in [-0.25, -0.2) is 0 Å². The molecule has 2 atom stereocenters. The number of phenols is 1. The number of likely N-dealkylation sites (tertiary alicyclic amines) is 1. The number of aliphatic hydroxyl groups excluding tert-OH is 2. The summed E-state index contributed by atoms with van der Waals surface area (Å²) in [5, 5.41) is 32.4. The van der Waals surface area contributed by atoms with Gasteiger partial charge < -0.3 is 25.5 Å². The Morgan fingerprint density at radius 2 is 1.92 bits per heavy atom. The fraction of sp³-hybridized carbons (Fsp3) is 0.562. The number of hydrogen-bond donors (Lipinski definition) is 4. The van der Waals surface area contributed by atoms with Crippen LogP contribution in [0.4, 0.5) is 0 Å². The quantitative estimate of drug-likeness (QED) is 0.625. The second-order valence-electron chi connectivity index (χ2n) is 5.95. The van der Waals surface area contributed by atoms with Crippen molar-refractivity contribution in [2.45, 2.75) is 25.0 Å². The van der Waals surface area contributed by atoms with Crippen LogP contribution in [0.5, 0.6) is 5.75 Å². The van der Waals surface area contributed by atoms with Crippen molar-refractivity contribution in [1.82, 2.24) is 10.2 Å². The van der Waals surface area contributed by atoms with Crippen molar-refractivity contribution in [3.63, 3.8) is 0 Å². The van der Waals surface area contributed by atoms with Crippen LogP contribution in [0.25, 0.3) is 0 Å². The maximum Gasteiger partial charge on any atom is 0.253 e. The number of hydrogen-bond acceptors (Lipinski definition) is 5. The molecule has 134 valence electrons. The number of rotatable bonds is 5. The van der Waals surface area contributed by atoms with Gasteiger partial charge in [-0.1, -0.05) is 23.2 Å². The lowest BCUT2D eigenvalue weighted by atomic mass is 9.85. The van der Waals surface area contributed by atoms with Gasteiger partial charge in [-0.2, -0.15) is 0 Å². The molecule has 1 aliphatic rings. The van der Waals surface area contributed by atoms with E-state index < -0.39 is 18.6 Å². The maximum absolute atomic E-state index is 11.9. The topological polar surface area (TPSA) is 93.0 Å². The summed E-state index contributed by atoms with van der Waals surface area (Å²) in [5.41, 5.74) is 0.673. The van der Waals surface area contributed by atoms with Crippen LogP contribution in [0.2, 0.25) is 10.0 Å². The second kappa shape index (κ2) is 8.36. The molecule has 1 aliphatic heterocycles. The van der Waals surface area contributed by atoms with Crippen molar-refractivity contribution >= 4 is 29.1 Å². The van der Waals surface area contributed by atoms with Crippen molar-refractivity contribution in [2.24, 2.45) is 5.92 Å². The van der Waals surface area contributed by atoms with Crippen LogP contribution in [-0.2, 0) is 4.79 Å². The predicted octanol–water partition coefficient (Wildman–Crippen LogP) is 1.55. The summed E-state index contributed by atoms with van der Waals surface area (Å²) < 4.78 is 0. The summed E-state index contributed by atoms with van der Waals surface area (Å²) in [6.07, 6.45) is 0.0465. The highest BCUT2D eigenvalue weighted by molar-refractivity contribution is 6.42. The van der Waals surface area contributed by atoms with Gasteiger partial charge in [-0.15, -0.1) is 0 Å². The van der Waals surface area contributed by atoms with E-state index in [1.54, 1.807) is 18.0 Å². The van der Waals surface area contributed by atoms with E-state index >= 15 is 0 Å². The van der Waals surface area contributed by atoms with Gasteiger partial charge in [0, 0.05) is 30.8 Å². The van der Waals surface area contributed by atoms with Crippen molar-refractivity contribution in [2.75, 3.05) is 26.7 Å². The van der Waals surface area contributed by atoms with Crippen molar-refractivity contribution in [3.8, 4) is 5.75 Å². The van der Waals surface area contributed by atoms with Crippen LogP contribution in [0, 0.1) is 5.92 Å². The number of nitrogens with zero attached hydrogens (tertiary/aromatic N) is 1. The number of amides is 1. The SMILES string of the molecule is CN[C@@H](c1cc(Cl)c(Cl)cc1O)C1CCN(C(=O)[C@H](O)CO)CC1.